The average Bonchev–Trinajstić information content (AvgIpc) is 3.36. The number of nitrogens with zero attached hydrogens (tertiary/aromatic N) is 2. The van der Waals surface area contributed by atoms with E-state index in [-0.39, 0.29) is 11.8 Å². The second-order valence-electron chi connectivity index (χ2n) is 8.22. The van der Waals surface area contributed by atoms with Gasteiger partial charge in [0.15, 0.2) is 0 Å². The third kappa shape index (κ3) is 5.64. The second-order valence-corrected chi connectivity index (χ2v) is 9.17. The van der Waals surface area contributed by atoms with Gasteiger partial charge in [0.05, 0.1) is 4.88 Å². The van der Waals surface area contributed by atoms with Gasteiger partial charge < -0.3 is 10.2 Å². The number of thiophene rings is 1. The normalized spacial score (nSPS) is 15.3. The van der Waals surface area contributed by atoms with Crippen LogP contribution < -0.4 is 5.32 Å². The summed E-state index contributed by atoms with van der Waals surface area (Å²) in [5, 5.41) is 4.86. The number of aryl methyl sites for hydroxylation is 1. The zero-order valence-corrected chi connectivity index (χ0v) is 19.2. The smallest absolute Gasteiger partial charge is 0.262 e. The van der Waals surface area contributed by atoms with Crippen LogP contribution >= 0.6 is 11.3 Å². The molecule has 2 amide bonds. The van der Waals surface area contributed by atoms with E-state index in [1.54, 1.807) is 6.07 Å². The minimum Gasteiger partial charge on any atom is -0.339 e. The topological polar surface area (TPSA) is 52.6 Å². The SMILES string of the molecule is Cc1ccccc1CN1CCN(C(=O)[C@@H](Cc2ccccc2)NC(=O)c2cccs2)CC1. The summed E-state index contributed by atoms with van der Waals surface area (Å²) in [6.07, 6.45) is 0.486. The van der Waals surface area contributed by atoms with Crippen molar-refractivity contribution in [2.75, 3.05) is 26.2 Å². The van der Waals surface area contributed by atoms with Gasteiger partial charge in [-0.05, 0) is 35.1 Å². The molecule has 1 aliphatic heterocycles. The number of benzene rings is 2. The molecule has 0 spiro atoms. The van der Waals surface area contributed by atoms with Crippen LogP contribution in [0.15, 0.2) is 72.1 Å². The first kappa shape index (κ1) is 22.2. The van der Waals surface area contributed by atoms with Crippen LogP contribution in [0.4, 0.5) is 0 Å². The van der Waals surface area contributed by atoms with Crippen LogP contribution in [0.25, 0.3) is 0 Å². The first-order valence-corrected chi connectivity index (χ1v) is 11.9. The molecule has 32 heavy (non-hydrogen) atoms. The Labute approximate surface area is 193 Å². The largest absolute Gasteiger partial charge is 0.339 e. The Balaban J connectivity index is 1.40. The average molecular weight is 448 g/mol. The summed E-state index contributed by atoms with van der Waals surface area (Å²) in [5.74, 6) is -0.193. The van der Waals surface area contributed by atoms with Gasteiger partial charge in [0.2, 0.25) is 5.91 Å². The highest BCUT2D eigenvalue weighted by atomic mass is 32.1. The van der Waals surface area contributed by atoms with Gasteiger partial charge in [0, 0.05) is 39.1 Å². The van der Waals surface area contributed by atoms with Crippen LogP contribution in [0.1, 0.15) is 26.4 Å². The molecule has 0 aliphatic carbocycles. The molecule has 0 bridgehead atoms. The minimum atomic E-state index is -0.574. The summed E-state index contributed by atoms with van der Waals surface area (Å²) < 4.78 is 0. The molecule has 1 fully saturated rings. The lowest BCUT2D eigenvalue weighted by atomic mass is 10.0. The standard InChI is InChI=1S/C26H29N3O2S/c1-20-8-5-6-11-22(20)19-28-13-15-29(16-14-28)26(31)23(18-21-9-3-2-4-10-21)27-25(30)24-12-7-17-32-24/h2-12,17,23H,13-16,18-19H2,1H3,(H,27,30)/t23-/m1/s1. The lowest BCUT2D eigenvalue weighted by Gasteiger charge is -2.36. The van der Waals surface area contributed by atoms with Crippen molar-refractivity contribution in [2.45, 2.75) is 25.9 Å². The summed E-state index contributed by atoms with van der Waals surface area (Å²) in [5.41, 5.74) is 3.66. The van der Waals surface area contributed by atoms with Crippen molar-refractivity contribution in [3.8, 4) is 0 Å². The molecule has 1 saturated heterocycles. The fourth-order valence-electron chi connectivity index (χ4n) is 4.06. The molecule has 1 aromatic heterocycles. The highest BCUT2D eigenvalue weighted by Gasteiger charge is 2.29. The van der Waals surface area contributed by atoms with Crippen molar-refractivity contribution in [3.05, 3.63) is 93.7 Å². The van der Waals surface area contributed by atoms with E-state index in [1.807, 2.05) is 46.7 Å². The first-order chi connectivity index (χ1) is 15.6. The molecule has 2 heterocycles. The lowest BCUT2D eigenvalue weighted by Crippen LogP contribution is -2.55. The van der Waals surface area contributed by atoms with Gasteiger partial charge in [-0.25, -0.2) is 0 Å². The molecular weight excluding hydrogens is 418 g/mol. The molecule has 3 aromatic rings. The van der Waals surface area contributed by atoms with E-state index in [0.717, 1.165) is 25.2 Å². The van der Waals surface area contributed by atoms with Crippen molar-refractivity contribution < 1.29 is 9.59 Å². The van der Waals surface area contributed by atoms with Crippen LogP contribution in [-0.2, 0) is 17.8 Å². The molecule has 6 heteroatoms. The third-order valence-corrected chi connectivity index (χ3v) is 6.84. The fourth-order valence-corrected chi connectivity index (χ4v) is 4.69. The molecule has 4 rings (SSSR count). The van der Waals surface area contributed by atoms with E-state index in [0.29, 0.717) is 24.4 Å². The zero-order chi connectivity index (χ0) is 22.3. The summed E-state index contributed by atoms with van der Waals surface area (Å²) in [6, 6.07) is 21.4. The highest BCUT2D eigenvalue weighted by molar-refractivity contribution is 7.12. The van der Waals surface area contributed by atoms with Crippen LogP contribution in [0.3, 0.4) is 0 Å². The van der Waals surface area contributed by atoms with Gasteiger partial charge in [-0.2, -0.15) is 0 Å². The molecule has 0 radical (unpaired) electrons. The highest BCUT2D eigenvalue weighted by Crippen LogP contribution is 2.15. The van der Waals surface area contributed by atoms with E-state index in [2.05, 4.69) is 41.4 Å². The van der Waals surface area contributed by atoms with Crippen LogP contribution in [0.2, 0.25) is 0 Å². The Hall–Kier alpha value is -2.96. The van der Waals surface area contributed by atoms with E-state index in [4.69, 9.17) is 0 Å². The molecule has 1 aliphatic rings. The molecule has 0 saturated carbocycles. The number of nitrogens with one attached hydrogen (secondary N) is 1. The number of carbonyl (C=O) groups excluding carboxylic acids is 2. The van der Waals surface area contributed by atoms with E-state index in [9.17, 15) is 9.59 Å². The van der Waals surface area contributed by atoms with Gasteiger partial charge in [-0.1, -0.05) is 60.7 Å². The Bertz CT molecular complexity index is 1030. The monoisotopic (exact) mass is 447 g/mol. The van der Waals surface area contributed by atoms with Crippen molar-refractivity contribution in [1.29, 1.82) is 0 Å². The summed E-state index contributed by atoms with van der Waals surface area (Å²) >= 11 is 1.39. The number of amides is 2. The number of carbonyl (C=O) groups is 2. The van der Waals surface area contributed by atoms with Crippen molar-refractivity contribution >= 4 is 23.2 Å². The van der Waals surface area contributed by atoms with E-state index < -0.39 is 6.04 Å². The maximum absolute atomic E-state index is 13.4. The van der Waals surface area contributed by atoms with Gasteiger partial charge in [-0.15, -0.1) is 11.3 Å². The van der Waals surface area contributed by atoms with Gasteiger partial charge in [0.1, 0.15) is 6.04 Å². The predicted octanol–water partition coefficient (Wildman–Crippen LogP) is 3.74. The summed E-state index contributed by atoms with van der Waals surface area (Å²) in [4.78, 5) is 31.0. The molecule has 5 nitrogen and oxygen atoms in total. The van der Waals surface area contributed by atoms with E-state index >= 15 is 0 Å². The molecule has 1 N–H and O–H groups in total. The molecule has 1 atom stereocenters. The van der Waals surface area contributed by atoms with Gasteiger partial charge in [-0.3, -0.25) is 14.5 Å². The van der Waals surface area contributed by atoms with Crippen LogP contribution in [-0.4, -0.2) is 53.8 Å². The predicted molar refractivity (Wildman–Crippen MR) is 129 cm³/mol. The first-order valence-electron chi connectivity index (χ1n) is 11.0. The van der Waals surface area contributed by atoms with Crippen molar-refractivity contribution in [2.24, 2.45) is 0 Å². The van der Waals surface area contributed by atoms with Gasteiger partial charge in [0.25, 0.3) is 5.91 Å². The Morgan fingerprint density at radius 3 is 2.34 bits per heavy atom. The Morgan fingerprint density at radius 1 is 0.938 bits per heavy atom. The minimum absolute atomic E-state index is 0.00528. The van der Waals surface area contributed by atoms with Crippen molar-refractivity contribution in [3.63, 3.8) is 0 Å². The Morgan fingerprint density at radius 2 is 1.66 bits per heavy atom. The molecule has 2 aromatic carbocycles. The summed E-state index contributed by atoms with van der Waals surface area (Å²) in [7, 11) is 0. The Kier molecular flexibility index (Phi) is 7.35. The zero-order valence-electron chi connectivity index (χ0n) is 18.4. The van der Waals surface area contributed by atoms with Crippen LogP contribution in [0, 0.1) is 6.92 Å². The molecule has 166 valence electrons. The fraction of sp³-hybridized carbons (Fsp3) is 0.308. The molecular formula is C26H29N3O2S. The second kappa shape index (κ2) is 10.6. The number of hydrogen-bond acceptors (Lipinski definition) is 4. The number of rotatable bonds is 7. The van der Waals surface area contributed by atoms with Gasteiger partial charge >= 0.3 is 0 Å². The number of piperazine rings is 1. The molecule has 0 unspecified atom stereocenters. The third-order valence-electron chi connectivity index (χ3n) is 5.97. The van der Waals surface area contributed by atoms with E-state index in [1.165, 1.54) is 22.5 Å². The number of hydrogen-bond donors (Lipinski definition) is 1. The quantitative estimate of drug-likeness (QED) is 0.600. The summed E-state index contributed by atoms with van der Waals surface area (Å²) in [6.45, 7) is 6.04. The van der Waals surface area contributed by atoms with Crippen molar-refractivity contribution in [1.82, 2.24) is 15.1 Å². The maximum Gasteiger partial charge on any atom is 0.262 e. The lowest BCUT2D eigenvalue weighted by molar-refractivity contribution is -0.135. The maximum atomic E-state index is 13.4. The van der Waals surface area contributed by atoms with Crippen LogP contribution in [0.5, 0.6) is 0 Å².